The van der Waals surface area contributed by atoms with Gasteiger partial charge in [-0.3, -0.25) is 4.79 Å². The molecule has 0 saturated carbocycles. The molecule has 1 aliphatic heterocycles. The molecule has 3 atom stereocenters. The maximum absolute atomic E-state index is 12.4. The zero-order valence-corrected chi connectivity index (χ0v) is 11.2. The molecule has 1 saturated heterocycles. The first kappa shape index (κ1) is 12.6. The van der Waals surface area contributed by atoms with Crippen LogP contribution in [0.25, 0.3) is 0 Å². The smallest absolute Gasteiger partial charge is 0.245 e. The van der Waals surface area contributed by atoms with Crippen LogP contribution in [0.3, 0.4) is 0 Å². The summed E-state index contributed by atoms with van der Waals surface area (Å²) in [4.78, 5) is 15.3. The molecule has 3 unspecified atom stereocenters. The summed E-state index contributed by atoms with van der Waals surface area (Å²) in [6, 6.07) is 3.72. The molecule has 1 aromatic heterocycles. The van der Waals surface area contributed by atoms with Gasteiger partial charge in [-0.05, 0) is 37.1 Å². The zero-order valence-electron chi connectivity index (χ0n) is 10.4. The predicted octanol–water partition coefficient (Wildman–Crippen LogP) is 2.39. The molecular formula is C13H20N2OS. The van der Waals surface area contributed by atoms with Gasteiger partial charge in [0.1, 0.15) is 6.04 Å². The minimum atomic E-state index is -0.484. The Morgan fingerprint density at radius 2 is 2.29 bits per heavy atom. The SMILES string of the molecule is CC1CCC(C)N(C(=O)C(N)c2cccs2)C1. The van der Waals surface area contributed by atoms with E-state index in [4.69, 9.17) is 5.73 Å². The Morgan fingerprint density at radius 3 is 2.94 bits per heavy atom. The van der Waals surface area contributed by atoms with E-state index in [9.17, 15) is 4.79 Å². The van der Waals surface area contributed by atoms with Gasteiger partial charge in [0.25, 0.3) is 0 Å². The summed E-state index contributed by atoms with van der Waals surface area (Å²) in [6.45, 7) is 5.16. The van der Waals surface area contributed by atoms with Crippen molar-refractivity contribution in [2.24, 2.45) is 11.7 Å². The van der Waals surface area contributed by atoms with Gasteiger partial charge >= 0.3 is 0 Å². The van der Waals surface area contributed by atoms with Crippen LogP contribution in [0.4, 0.5) is 0 Å². The van der Waals surface area contributed by atoms with E-state index in [2.05, 4.69) is 13.8 Å². The van der Waals surface area contributed by atoms with Crippen molar-refractivity contribution in [3.8, 4) is 0 Å². The first-order valence-corrected chi connectivity index (χ1v) is 7.07. The van der Waals surface area contributed by atoms with Gasteiger partial charge in [-0.25, -0.2) is 0 Å². The number of nitrogens with two attached hydrogens (primary N) is 1. The molecule has 2 heterocycles. The summed E-state index contributed by atoms with van der Waals surface area (Å²) >= 11 is 1.55. The molecular weight excluding hydrogens is 232 g/mol. The van der Waals surface area contributed by atoms with Crippen LogP contribution in [-0.2, 0) is 4.79 Å². The van der Waals surface area contributed by atoms with E-state index in [0.29, 0.717) is 12.0 Å². The van der Waals surface area contributed by atoms with Gasteiger partial charge in [0.05, 0.1) is 0 Å². The third-order valence-electron chi connectivity index (χ3n) is 3.52. The molecule has 1 fully saturated rings. The molecule has 2 N–H and O–H groups in total. The third kappa shape index (κ3) is 2.69. The average Bonchev–Trinajstić information content (AvgIpc) is 2.84. The second kappa shape index (κ2) is 5.19. The molecule has 4 heteroatoms. The average molecular weight is 252 g/mol. The highest BCUT2D eigenvalue weighted by Gasteiger charge is 2.30. The van der Waals surface area contributed by atoms with Crippen LogP contribution in [0.2, 0.25) is 0 Å². The van der Waals surface area contributed by atoms with Gasteiger partial charge < -0.3 is 10.6 Å². The zero-order chi connectivity index (χ0) is 12.4. The van der Waals surface area contributed by atoms with Crippen molar-refractivity contribution in [1.29, 1.82) is 0 Å². The molecule has 1 aliphatic rings. The van der Waals surface area contributed by atoms with Gasteiger partial charge in [-0.2, -0.15) is 0 Å². The van der Waals surface area contributed by atoms with Crippen molar-refractivity contribution < 1.29 is 4.79 Å². The number of amides is 1. The normalized spacial score (nSPS) is 26.9. The minimum absolute atomic E-state index is 0.0755. The molecule has 0 radical (unpaired) electrons. The molecule has 0 spiro atoms. The fourth-order valence-electron chi connectivity index (χ4n) is 2.36. The lowest BCUT2D eigenvalue weighted by Crippen LogP contribution is -2.48. The molecule has 0 bridgehead atoms. The standard InChI is InChI=1S/C13H20N2OS/c1-9-5-6-10(2)15(8-9)13(16)12(14)11-4-3-7-17-11/h3-4,7,9-10,12H,5-6,8,14H2,1-2H3. The van der Waals surface area contributed by atoms with Gasteiger partial charge in [0.2, 0.25) is 5.91 Å². The Morgan fingerprint density at radius 1 is 1.53 bits per heavy atom. The van der Waals surface area contributed by atoms with Crippen molar-refractivity contribution in [2.45, 2.75) is 38.8 Å². The van der Waals surface area contributed by atoms with Crippen molar-refractivity contribution >= 4 is 17.2 Å². The maximum atomic E-state index is 12.4. The molecule has 1 amide bonds. The third-order valence-corrected chi connectivity index (χ3v) is 4.47. The summed E-state index contributed by atoms with van der Waals surface area (Å²) in [5.74, 6) is 0.664. The Bertz CT molecular complexity index is 377. The van der Waals surface area contributed by atoms with E-state index in [1.165, 1.54) is 6.42 Å². The summed E-state index contributed by atoms with van der Waals surface area (Å²) in [5, 5.41) is 1.96. The van der Waals surface area contributed by atoms with E-state index in [0.717, 1.165) is 17.8 Å². The second-order valence-corrected chi connectivity index (χ2v) is 5.99. The Hall–Kier alpha value is -0.870. The van der Waals surface area contributed by atoms with Crippen molar-refractivity contribution in [2.75, 3.05) is 6.54 Å². The van der Waals surface area contributed by atoms with E-state index >= 15 is 0 Å². The van der Waals surface area contributed by atoms with Gasteiger partial charge in [0, 0.05) is 17.5 Å². The summed E-state index contributed by atoms with van der Waals surface area (Å²) in [7, 11) is 0. The van der Waals surface area contributed by atoms with Crippen LogP contribution in [-0.4, -0.2) is 23.4 Å². The second-order valence-electron chi connectivity index (χ2n) is 5.02. The predicted molar refractivity (Wildman–Crippen MR) is 70.8 cm³/mol. The van der Waals surface area contributed by atoms with Gasteiger partial charge in [-0.15, -0.1) is 11.3 Å². The number of piperidine rings is 1. The Labute approximate surface area is 107 Å². The number of hydrogen-bond acceptors (Lipinski definition) is 3. The van der Waals surface area contributed by atoms with Crippen molar-refractivity contribution in [1.82, 2.24) is 4.90 Å². The molecule has 94 valence electrons. The minimum Gasteiger partial charge on any atom is -0.338 e. The molecule has 1 aromatic rings. The number of nitrogens with zero attached hydrogens (tertiary/aromatic N) is 1. The maximum Gasteiger partial charge on any atom is 0.245 e. The Balaban J connectivity index is 2.08. The van der Waals surface area contributed by atoms with Crippen LogP contribution in [0.5, 0.6) is 0 Å². The molecule has 0 aliphatic carbocycles. The monoisotopic (exact) mass is 252 g/mol. The lowest BCUT2D eigenvalue weighted by atomic mass is 9.94. The molecule has 2 rings (SSSR count). The first-order chi connectivity index (χ1) is 8.09. The van der Waals surface area contributed by atoms with Crippen LogP contribution < -0.4 is 5.73 Å². The first-order valence-electron chi connectivity index (χ1n) is 6.19. The lowest BCUT2D eigenvalue weighted by Gasteiger charge is -2.38. The van der Waals surface area contributed by atoms with E-state index in [1.807, 2.05) is 22.4 Å². The van der Waals surface area contributed by atoms with E-state index < -0.39 is 6.04 Å². The molecule has 0 aromatic carbocycles. The highest BCUT2D eigenvalue weighted by atomic mass is 32.1. The fourth-order valence-corrected chi connectivity index (χ4v) is 3.08. The Kier molecular flexibility index (Phi) is 3.84. The lowest BCUT2D eigenvalue weighted by molar-refractivity contribution is -0.136. The van der Waals surface area contributed by atoms with Crippen molar-refractivity contribution in [3.05, 3.63) is 22.4 Å². The van der Waals surface area contributed by atoms with Gasteiger partial charge in [-0.1, -0.05) is 13.0 Å². The quantitative estimate of drug-likeness (QED) is 0.878. The van der Waals surface area contributed by atoms with Crippen LogP contribution in [0, 0.1) is 5.92 Å². The fraction of sp³-hybridized carbons (Fsp3) is 0.615. The van der Waals surface area contributed by atoms with Crippen molar-refractivity contribution in [3.63, 3.8) is 0 Å². The van der Waals surface area contributed by atoms with Crippen LogP contribution >= 0.6 is 11.3 Å². The van der Waals surface area contributed by atoms with Gasteiger partial charge in [0.15, 0.2) is 0 Å². The highest BCUT2D eigenvalue weighted by Crippen LogP contribution is 2.26. The molecule has 3 nitrogen and oxygen atoms in total. The largest absolute Gasteiger partial charge is 0.338 e. The number of likely N-dealkylation sites (tertiary alicyclic amines) is 1. The van der Waals surface area contributed by atoms with Crippen LogP contribution in [0.1, 0.15) is 37.6 Å². The highest BCUT2D eigenvalue weighted by molar-refractivity contribution is 7.10. The number of carbonyl (C=O) groups excluding carboxylic acids is 1. The summed E-state index contributed by atoms with van der Waals surface area (Å²) < 4.78 is 0. The van der Waals surface area contributed by atoms with E-state index in [-0.39, 0.29) is 5.91 Å². The van der Waals surface area contributed by atoms with E-state index in [1.54, 1.807) is 11.3 Å². The number of thiophene rings is 1. The number of carbonyl (C=O) groups is 1. The summed E-state index contributed by atoms with van der Waals surface area (Å²) in [5.41, 5.74) is 6.04. The number of hydrogen-bond donors (Lipinski definition) is 1. The molecule has 17 heavy (non-hydrogen) atoms. The van der Waals surface area contributed by atoms with Crippen LogP contribution in [0.15, 0.2) is 17.5 Å². The summed E-state index contributed by atoms with van der Waals surface area (Å²) in [6.07, 6.45) is 2.29. The topological polar surface area (TPSA) is 46.3 Å². The number of rotatable bonds is 2.